The van der Waals surface area contributed by atoms with Crippen LogP contribution in [0.25, 0.3) is 5.82 Å². The van der Waals surface area contributed by atoms with E-state index in [0.29, 0.717) is 5.82 Å². The third kappa shape index (κ3) is 2.43. The Kier molecular flexibility index (Phi) is 2.61. The summed E-state index contributed by atoms with van der Waals surface area (Å²) in [6.45, 7) is 8.03. The summed E-state index contributed by atoms with van der Waals surface area (Å²) in [4.78, 5) is 22.4. The SMILES string of the molecule is Cc1cn(-c2cc(C(C)(C)C)[nH]c(=O)n2)cn1. The van der Waals surface area contributed by atoms with E-state index in [1.54, 1.807) is 10.9 Å². The summed E-state index contributed by atoms with van der Waals surface area (Å²) in [6.07, 6.45) is 3.50. The van der Waals surface area contributed by atoms with Gasteiger partial charge in [0.05, 0.1) is 5.69 Å². The second-order valence-electron chi connectivity index (χ2n) is 5.13. The molecule has 1 N–H and O–H groups in total. The van der Waals surface area contributed by atoms with E-state index in [9.17, 15) is 4.79 Å². The fourth-order valence-corrected chi connectivity index (χ4v) is 1.53. The molecule has 0 amide bonds. The molecule has 5 heteroatoms. The minimum atomic E-state index is -0.334. The predicted octanol–water partition coefficient (Wildman–Crippen LogP) is 1.56. The second kappa shape index (κ2) is 3.84. The van der Waals surface area contributed by atoms with Crippen molar-refractivity contribution in [3.63, 3.8) is 0 Å². The molecule has 2 aromatic heterocycles. The van der Waals surface area contributed by atoms with Crippen LogP contribution in [0.5, 0.6) is 0 Å². The highest BCUT2D eigenvalue weighted by Crippen LogP contribution is 2.19. The highest BCUT2D eigenvalue weighted by atomic mass is 16.1. The molecule has 0 fully saturated rings. The molecular weight excluding hydrogens is 216 g/mol. The van der Waals surface area contributed by atoms with Crippen LogP contribution < -0.4 is 5.69 Å². The molecule has 0 atom stereocenters. The Hall–Kier alpha value is -1.91. The zero-order valence-electron chi connectivity index (χ0n) is 10.5. The van der Waals surface area contributed by atoms with Crippen LogP contribution in [0.4, 0.5) is 0 Å². The molecule has 0 aliphatic heterocycles. The van der Waals surface area contributed by atoms with Gasteiger partial charge in [-0.15, -0.1) is 0 Å². The molecule has 0 aliphatic rings. The zero-order valence-corrected chi connectivity index (χ0v) is 10.5. The summed E-state index contributed by atoms with van der Waals surface area (Å²) in [5.74, 6) is 0.597. The van der Waals surface area contributed by atoms with Gasteiger partial charge in [-0.05, 0) is 6.92 Å². The monoisotopic (exact) mass is 232 g/mol. The van der Waals surface area contributed by atoms with E-state index < -0.39 is 0 Å². The Bertz CT molecular complexity index is 589. The van der Waals surface area contributed by atoms with E-state index in [-0.39, 0.29) is 11.1 Å². The van der Waals surface area contributed by atoms with Crippen LogP contribution in [0.1, 0.15) is 32.2 Å². The van der Waals surface area contributed by atoms with Gasteiger partial charge in [-0.25, -0.2) is 9.78 Å². The number of hydrogen-bond acceptors (Lipinski definition) is 3. The van der Waals surface area contributed by atoms with Crippen molar-refractivity contribution < 1.29 is 0 Å². The molecule has 5 nitrogen and oxygen atoms in total. The van der Waals surface area contributed by atoms with Crippen LogP contribution in [0.3, 0.4) is 0 Å². The van der Waals surface area contributed by atoms with Gasteiger partial charge in [0, 0.05) is 23.4 Å². The van der Waals surface area contributed by atoms with E-state index in [1.807, 2.05) is 40.0 Å². The third-order valence-electron chi connectivity index (χ3n) is 2.52. The number of rotatable bonds is 1. The standard InChI is InChI=1S/C12H16N4O/c1-8-6-16(7-13-8)10-5-9(12(2,3)4)14-11(17)15-10/h5-7H,1-4H3,(H,14,15,17). The maximum atomic E-state index is 11.5. The summed E-state index contributed by atoms with van der Waals surface area (Å²) in [5.41, 5.74) is 1.30. The number of aromatic amines is 1. The van der Waals surface area contributed by atoms with Crippen LogP contribution >= 0.6 is 0 Å². The number of aromatic nitrogens is 4. The lowest BCUT2D eigenvalue weighted by atomic mass is 9.92. The van der Waals surface area contributed by atoms with Crippen molar-refractivity contribution in [2.45, 2.75) is 33.1 Å². The third-order valence-corrected chi connectivity index (χ3v) is 2.52. The first-order valence-electron chi connectivity index (χ1n) is 5.49. The minimum absolute atomic E-state index is 0.119. The van der Waals surface area contributed by atoms with Crippen molar-refractivity contribution >= 4 is 0 Å². The van der Waals surface area contributed by atoms with E-state index in [2.05, 4.69) is 15.0 Å². The van der Waals surface area contributed by atoms with E-state index in [4.69, 9.17) is 0 Å². The summed E-state index contributed by atoms with van der Waals surface area (Å²) in [7, 11) is 0. The lowest BCUT2D eigenvalue weighted by Crippen LogP contribution is -2.23. The number of nitrogens with one attached hydrogen (secondary N) is 1. The molecule has 0 aromatic carbocycles. The van der Waals surface area contributed by atoms with Crippen LogP contribution in [0, 0.1) is 6.92 Å². The van der Waals surface area contributed by atoms with E-state index >= 15 is 0 Å². The fraction of sp³-hybridized carbons (Fsp3) is 0.417. The van der Waals surface area contributed by atoms with Gasteiger partial charge in [-0.1, -0.05) is 20.8 Å². The van der Waals surface area contributed by atoms with Gasteiger partial charge in [-0.3, -0.25) is 4.57 Å². The second-order valence-corrected chi connectivity index (χ2v) is 5.13. The molecule has 0 unspecified atom stereocenters. The average Bonchev–Trinajstić information content (AvgIpc) is 2.62. The quantitative estimate of drug-likeness (QED) is 0.811. The molecule has 17 heavy (non-hydrogen) atoms. The number of H-pyrrole nitrogens is 1. The highest BCUT2D eigenvalue weighted by molar-refractivity contribution is 5.27. The number of imidazole rings is 1. The highest BCUT2D eigenvalue weighted by Gasteiger charge is 2.16. The maximum Gasteiger partial charge on any atom is 0.347 e. The van der Waals surface area contributed by atoms with Crippen LogP contribution in [0.15, 0.2) is 23.4 Å². The Morgan fingerprint density at radius 1 is 1.35 bits per heavy atom. The Labute approximate surface area is 99.6 Å². The van der Waals surface area contributed by atoms with Gasteiger partial charge in [0.25, 0.3) is 0 Å². The van der Waals surface area contributed by atoms with E-state index in [0.717, 1.165) is 11.4 Å². The van der Waals surface area contributed by atoms with Crippen molar-refractivity contribution in [1.82, 2.24) is 19.5 Å². The Morgan fingerprint density at radius 3 is 2.59 bits per heavy atom. The summed E-state index contributed by atoms with van der Waals surface area (Å²) >= 11 is 0. The molecule has 0 saturated heterocycles. The topological polar surface area (TPSA) is 63.6 Å². The molecule has 0 radical (unpaired) electrons. The van der Waals surface area contributed by atoms with Crippen molar-refractivity contribution in [3.05, 3.63) is 40.5 Å². The minimum Gasteiger partial charge on any atom is -0.309 e. The van der Waals surface area contributed by atoms with Crippen molar-refractivity contribution in [2.75, 3.05) is 0 Å². The molecule has 2 rings (SSSR count). The van der Waals surface area contributed by atoms with Gasteiger partial charge in [0.15, 0.2) is 0 Å². The number of hydrogen-bond donors (Lipinski definition) is 1. The Morgan fingerprint density at radius 2 is 2.06 bits per heavy atom. The van der Waals surface area contributed by atoms with Gasteiger partial charge in [-0.2, -0.15) is 4.98 Å². The summed E-state index contributed by atoms with van der Waals surface area (Å²) < 4.78 is 1.75. The van der Waals surface area contributed by atoms with Crippen LogP contribution in [-0.2, 0) is 5.41 Å². The zero-order chi connectivity index (χ0) is 12.6. The largest absolute Gasteiger partial charge is 0.347 e. The van der Waals surface area contributed by atoms with Gasteiger partial charge in [0.2, 0.25) is 0 Å². The summed E-state index contributed by atoms with van der Waals surface area (Å²) in [6, 6.07) is 1.88. The van der Waals surface area contributed by atoms with Gasteiger partial charge >= 0.3 is 5.69 Å². The Balaban J connectivity index is 2.57. The first-order valence-corrected chi connectivity index (χ1v) is 5.49. The molecule has 90 valence electrons. The molecular formula is C12H16N4O. The van der Waals surface area contributed by atoms with E-state index in [1.165, 1.54) is 0 Å². The smallest absolute Gasteiger partial charge is 0.309 e. The predicted molar refractivity (Wildman–Crippen MR) is 65.4 cm³/mol. The van der Waals surface area contributed by atoms with Crippen molar-refractivity contribution in [1.29, 1.82) is 0 Å². The van der Waals surface area contributed by atoms with Crippen LogP contribution in [-0.4, -0.2) is 19.5 Å². The van der Waals surface area contributed by atoms with Crippen molar-refractivity contribution in [3.8, 4) is 5.82 Å². The van der Waals surface area contributed by atoms with Crippen LogP contribution in [0.2, 0.25) is 0 Å². The molecule has 0 aliphatic carbocycles. The molecule has 2 aromatic rings. The number of aryl methyl sites for hydroxylation is 1. The molecule has 0 spiro atoms. The van der Waals surface area contributed by atoms with Gasteiger partial charge in [0.1, 0.15) is 12.1 Å². The molecule has 2 heterocycles. The van der Waals surface area contributed by atoms with Gasteiger partial charge < -0.3 is 4.98 Å². The molecule has 0 saturated carbocycles. The lowest BCUT2D eigenvalue weighted by molar-refractivity contribution is 0.562. The maximum absolute atomic E-state index is 11.5. The fourth-order valence-electron chi connectivity index (χ4n) is 1.53. The first-order chi connectivity index (χ1) is 7.86. The number of nitrogens with zero attached hydrogens (tertiary/aromatic N) is 3. The average molecular weight is 232 g/mol. The normalized spacial score (nSPS) is 11.8. The summed E-state index contributed by atoms with van der Waals surface area (Å²) in [5, 5.41) is 0. The molecule has 0 bridgehead atoms. The lowest BCUT2D eigenvalue weighted by Gasteiger charge is -2.18. The van der Waals surface area contributed by atoms with Crippen molar-refractivity contribution in [2.24, 2.45) is 0 Å². The first kappa shape index (κ1) is 11.6.